The summed E-state index contributed by atoms with van der Waals surface area (Å²) < 4.78 is 1.96. The Labute approximate surface area is 133 Å². The molecule has 1 saturated carbocycles. The summed E-state index contributed by atoms with van der Waals surface area (Å²) in [5, 5.41) is 14.3. The third-order valence-corrected chi connectivity index (χ3v) is 4.63. The molecule has 1 aliphatic heterocycles. The number of hydrogen-bond acceptors (Lipinski definition) is 5. The number of nitrogens with one attached hydrogen (secondary N) is 3. The van der Waals surface area contributed by atoms with Crippen LogP contribution in [-0.4, -0.2) is 31.1 Å². The van der Waals surface area contributed by atoms with Crippen molar-refractivity contribution in [1.29, 1.82) is 0 Å². The lowest BCUT2D eigenvalue weighted by atomic mass is 10.2. The number of aromatic amines is 1. The minimum atomic E-state index is 0.247. The first-order chi connectivity index (χ1) is 11.4. The molecule has 0 spiro atoms. The van der Waals surface area contributed by atoms with E-state index >= 15 is 0 Å². The molecule has 1 saturated heterocycles. The topological polar surface area (TPSA) is 82.9 Å². The Kier molecular flexibility index (Phi) is 2.87. The highest BCUT2D eigenvalue weighted by atomic mass is 15.3. The van der Waals surface area contributed by atoms with Crippen molar-refractivity contribution in [1.82, 2.24) is 29.9 Å². The van der Waals surface area contributed by atoms with Gasteiger partial charge in [0.2, 0.25) is 5.95 Å². The fourth-order valence-corrected chi connectivity index (χ4v) is 3.21. The van der Waals surface area contributed by atoms with Gasteiger partial charge in [-0.15, -0.1) is 0 Å². The SMILES string of the molecule is c1cc2nc([C@@H]3CCCN3)nc(Nc3cc(C4CC4)[nH]n3)n2c1. The maximum atomic E-state index is 4.74. The molecule has 7 heteroatoms. The van der Waals surface area contributed by atoms with Crippen molar-refractivity contribution >= 4 is 17.4 Å². The molecular formula is C16H19N7. The average Bonchev–Trinajstić information content (AvgIpc) is 3.01. The molecule has 1 atom stereocenters. The van der Waals surface area contributed by atoms with E-state index in [1.54, 1.807) is 0 Å². The van der Waals surface area contributed by atoms with Crippen molar-refractivity contribution in [2.75, 3.05) is 11.9 Å². The monoisotopic (exact) mass is 309 g/mol. The van der Waals surface area contributed by atoms with Crippen molar-refractivity contribution in [3.05, 3.63) is 35.9 Å². The standard InChI is InChI=1S/C16H19N7/c1-3-11(17-7-1)15-19-14-4-2-8-23(14)16(20-15)18-13-9-12(21-22-13)10-5-6-10/h2,4,8-11,17H,1,3,5-7H2,(H2,18,19,20,21,22)/t11-/m0/s1. The Morgan fingerprint density at radius 2 is 2.17 bits per heavy atom. The quantitative estimate of drug-likeness (QED) is 0.690. The van der Waals surface area contributed by atoms with Crippen molar-refractivity contribution < 1.29 is 0 Å². The van der Waals surface area contributed by atoms with Crippen LogP contribution in [0.15, 0.2) is 24.4 Å². The van der Waals surface area contributed by atoms with Crippen LogP contribution in [0.1, 0.15) is 49.2 Å². The molecule has 2 fully saturated rings. The highest BCUT2D eigenvalue weighted by Gasteiger charge is 2.26. The first kappa shape index (κ1) is 13.1. The zero-order valence-electron chi connectivity index (χ0n) is 12.8. The molecule has 3 N–H and O–H groups in total. The number of hydrogen-bond donors (Lipinski definition) is 3. The van der Waals surface area contributed by atoms with Gasteiger partial charge in [-0.2, -0.15) is 10.1 Å². The number of aromatic nitrogens is 5. The van der Waals surface area contributed by atoms with E-state index in [0.29, 0.717) is 5.92 Å². The van der Waals surface area contributed by atoms with Gasteiger partial charge in [0, 0.05) is 23.9 Å². The lowest BCUT2D eigenvalue weighted by Gasteiger charge is -2.12. The van der Waals surface area contributed by atoms with E-state index < -0.39 is 0 Å². The first-order valence-corrected chi connectivity index (χ1v) is 8.27. The minimum Gasteiger partial charge on any atom is -0.308 e. The molecule has 2 aliphatic rings. The largest absolute Gasteiger partial charge is 0.308 e. The summed E-state index contributed by atoms with van der Waals surface area (Å²) in [6.45, 7) is 1.03. The summed E-state index contributed by atoms with van der Waals surface area (Å²) in [7, 11) is 0. The Bertz CT molecular complexity index is 839. The van der Waals surface area contributed by atoms with Gasteiger partial charge in [-0.3, -0.25) is 9.50 Å². The van der Waals surface area contributed by atoms with E-state index in [1.165, 1.54) is 25.0 Å². The molecule has 0 aromatic carbocycles. The summed E-state index contributed by atoms with van der Waals surface area (Å²) in [4.78, 5) is 9.43. The van der Waals surface area contributed by atoms with Crippen LogP contribution in [0.5, 0.6) is 0 Å². The van der Waals surface area contributed by atoms with Crippen LogP contribution < -0.4 is 10.6 Å². The third kappa shape index (κ3) is 2.37. The van der Waals surface area contributed by atoms with Gasteiger partial charge in [0.15, 0.2) is 11.6 Å². The Balaban J connectivity index is 1.51. The van der Waals surface area contributed by atoms with Crippen LogP contribution >= 0.6 is 0 Å². The fraction of sp³-hybridized carbons (Fsp3) is 0.438. The molecule has 0 unspecified atom stereocenters. The van der Waals surface area contributed by atoms with Crippen molar-refractivity contribution in [2.24, 2.45) is 0 Å². The second-order valence-electron chi connectivity index (χ2n) is 6.40. The summed E-state index contributed by atoms with van der Waals surface area (Å²) in [6, 6.07) is 6.33. The second-order valence-corrected chi connectivity index (χ2v) is 6.40. The summed E-state index contributed by atoms with van der Waals surface area (Å²) in [5.41, 5.74) is 2.12. The second kappa shape index (κ2) is 5.06. The summed E-state index contributed by atoms with van der Waals surface area (Å²) >= 11 is 0. The Hall–Kier alpha value is -2.41. The number of anilines is 2. The molecule has 0 bridgehead atoms. The molecule has 1 aliphatic carbocycles. The molecule has 4 heterocycles. The van der Waals surface area contributed by atoms with Crippen LogP contribution in [0.25, 0.3) is 5.65 Å². The van der Waals surface area contributed by atoms with Gasteiger partial charge < -0.3 is 10.6 Å². The predicted octanol–water partition coefficient (Wildman–Crippen LogP) is 2.50. The van der Waals surface area contributed by atoms with Crippen LogP contribution in [0.3, 0.4) is 0 Å². The van der Waals surface area contributed by atoms with Gasteiger partial charge in [0.05, 0.1) is 6.04 Å². The van der Waals surface area contributed by atoms with Crippen molar-refractivity contribution in [3.63, 3.8) is 0 Å². The van der Waals surface area contributed by atoms with Gasteiger partial charge in [-0.05, 0) is 44.4 Å². The van der Waals surface area contributed by atoms with Crippen LogP contribution in [0, 0.1) is 0 Å². The zero-order chi connectivity index (χ0) is 15.2. The summed E-state index contributed by atoms with van der Waals surface area (Å²) in [6.07, 6.45) is 6.75. The Morgan fingerprint density at radius 3 is 3.00 bits per heavy atom. The van der Waals surface area contributed by atoms with E-state index in [1.807, 2.05) is 22.7 Å². The van der Waals surface area contributed by atoms with E-state index in [2.05, 4.69) is 31.9 Å². The van der Waals surface area contributed by atoms with E-state index in [-0.39, 0.29) is 6.04 Å². The van der Waals surface area contributed by atoms with Gasteiger partial charge in [-0.1, -0.05) is 0 Å². The van der Waals surface area contributed by atoms with E-state index in [4.69, 9.17) is 4.98 Å². The molecule has 3 aromatic heterocycles. The van der Waals surface area contributed by atoms with E-state index in [9.17, 15) is 0 Å². The van der Waals surface area contributed by atoms with Crippen LogP contribution in [-0.2, 0) is 0 Å². The molecule has 0 radical (unpaired) electrons. The smallest absolute Gasteiger partial charge is 0.216 e. The average molecular weight is 309 g/mol. The summed E-state index contributed by atoms with van der Waals surface area (Å²) in [5.74, 6) is 3.09. The molecule has 5 rings (SSSR count). The number of nitrogens with zero attached hydrogens (tertiary/aromatic N) is 4. The highest BCUT2D eigenvalue weighted by Crippen LogP contribution is 2.39. The van der Waals surface area contributed by atoms with Crippen molar-refractivity contribution in [2.45, 2.75) is 37.6 Å². The molecule has 118 valence electrons. The fourth-order valence-electron chi connectivity index (χ4n) is 3.21. The molecule has 0 amide bonds. The molecule has 3 aromatic rings. The van der Waals surface area contributed by atoms with E-state index in [0.717, 1.165) is 36.2 Å². The van der Waals surface area contributed by atoms with Crippen LogP contribution in [0.4, 0.5) is 11.8 Å². The highest BCUT2D eigenvalue weighted by molar-refractivity contribution is 5.54. The predicted molar refractivity (Wildman–Crippen MR) is 86.8 cm³/mol. The Morgan fingerprint density at radius 1 is 1.22 bits per heavy atom. The molecule has 23 heavy (non-hydrogen) atoms. The maximum absolute atomic E-state index is 4.74. The third-order valence-electron chi connectivity index (χ3n) is 4.63. The minimum absolute atomic E-state index is 0.247. The first-order valence-electron chi connectivity index (χ1n) is 8.27. The molecule has 7 nitrogen and oxygen atoms in total. The van der Waals surface area contributed by atoms with Crippen LogP contribution in [0.2, 0.25) is 0 Å². The number of H-pyrrole nitrogens is 1. The number of rotatable bonds is 4. The normalized spacial score (nSPS) is 21.1. The lowest BCUT2D eigenvalue weighted by Crippen LogP contribution is -2.17. The van der Waals surface area contributed by atoms with Gasteiger partial charge in [0.1, 0.15) is 5.65 Å². The number of fused-ring (bicyclic) bond motifs is 1. The van der Waals surface area contributed by atoms with Gasteiger partial charge in [0.25, 0.3) is 0 Å². The lowest BCUT2D eigenvalue weighted by molar-refractivity contribution is 0.604. The van der Waals surface area contributed by atoms with Crippen molar-refractivity contribution in [3.8, 4) is 0 Å². The maximum Gasteiger partial charge on any atom is 0.216 e. The van der Waals surface area contributed by atoms with Gasteiger partial charge >= 0.3 is 0 Å². The molecular weight excluding hydrogens is 290 g/mol. The zero-order valence-corrected chi connectivity index (χ0v) is 12.8. The van der Waals surface area contributed by atoms with Gasteiger partial charge in [-0.25, -0.2) is 4.98 Å².